The van der Waals surface area contributed by atoms with E-state index in [1.807, 2.05) is 6.92 Å². The molecule has 0 bridgehead atoms. The van der Waals surface area contributed by atoms with Gasteiger partial charge in [-0.3, -0.25) is 11.3 Å². The molecule has 5 heteroatoms. The van der Waals surface area contributed by atoms with Gasteiger partial charge in [-0.05, 0) is 25.5 Å². The van der Waals surface area contributed by atoms with Crippen LogP contribution in [0.25, 0.3) is 0 Å². The van der Waals surface area contributed by atoms with Crippen LogP contribution in [0.4, 0.5) is 8.78 Å². The molecule has 0 fully saturated rings. The molecule has 1 rings (SSSR count). The van der Waals surface area contributed by atoms with Gasteiger partial charge in [-0.15, -0.1) is 0 Å². The Labute approximate surface area is 93.6 Å². The maximum atomic E-state index is 13.5. The minimum Gasteiger partial charge on any atom is -0.380 e. The molecular weight excluding hydrogens is 214 g/mol. The number of ether oxygens (including phenoxy) is 1. The molecule has 1 unspecified atom stereocenters. The molecule has 0 aliphatic carbocycles. The molecular formula is C11H16F2N2O. The minimum absolute atomic E-state index is 0.245. The highest BCUT2D eigenvalue weighted by atomic mass is 19.1. The molecule has 16 heavy (non-hydrogen) atoms. The van der Waals surface area contributed by atoms with E-state index in [1.165, 1.54) is 6.07 Å². The van der Waals surface area contributed by atoms with E-state index in [-0.39, 0.29) is 6.61 Å². The normalized spacial score (nSPS) is 12.8. The van der Waals surface area contributed by atoms with Gasteiger partial charge < -0.3 is 4.74 Å². The molecule has 0 spiro atoms. The summed E-state index contributed by atoms with van der Waals surface area (Å²) in [7, 11) is 0. The van der Waals surface area contributed by atoms with E-state index in [9.17, 15) is 8.78 Å². The molecule has 0 saturated heterocycles. The van der Waals surface area contributed by atoms with Crippen LogP contribution in [-0.4, -0.2) is 13.2 Å². The van der Waals surface area contributed by atoms with Crippen molar-refractivity contribution in [2.24, 2.45) is 5.84 Å². The summed E-state index contributed by atoms with van der Waals surface area (Å²) in [5.41, 5.74) is 3.15. The van der Waals surface area contributed by atoms with E-state index < -0.39 is 17.7 Å². The van der Waals surface area contributed by atoms with E-state index in [4.69, 9.17) is 10.6 Å². The Bertz CT molecular complexity index is 358. The highest BCUT2D eigenvalue weighted by molar-refractivity contribution is 5.28. The number of halogens is 2. The van der Waals surface area contributed by atoms with Crippen LogP contribution in [0.3, 0.4) is 0 Å². The van der Waals surface area contributed by atoms with Crippen LogP contribution in [0.1, 0.15) is 24.1 Å². The number of hydrogen-bond acceptors (Lipinski definition) is 3. The van der Waals surface area contributed by atoms with Crippen LogP contribution in [0.2, 0.25) is 0 Å². The second-order valence-electron chi connectivity index (χ2n) is 3.50. The van der Waals surface area contributed by atoms with Crippen molar-refractivity contribution in [3.05, 3.63) is 34.9 Å². The predicted octanol–water partition coefficient (Wildman–Crippen LogP) is 1.81. The zero-order valence-corrected chi connectivity index (χ0v) is 9.39. The Morgan fingerprint density at radius 2 is 2.06 bits per heavy atom. The third-order valence-corrected chi connectivity index (χ3v) is 2.34. The first kappa shape index (κ1) is 13.0. The summed E-state index contributed by atoms with van der Waals surface area (Å²) in [5, 5.41) is 0. The van der Waals surface area contributed by atoms with Crippen molar-refractivity contribution in [2.45, 2.75) is 19.9 Å². The van der Waals surface area contributed by atoms with Crippen LogP contribution in [0.5, 0.6) is 0 Å². The first-order valence-electron chi connectivity index (χ1n) is 5.09. The lowest BCUT2D eigenvalue weighted by molar-refractivity contribution is 0.122. The molecule has 1 aromatic carbocycles. The molecule has 3 nitrogen and oxygen atoms in total. The summed E-state index contributed by atoms with van der Waals surface area (Å²) in [6.07, 6.45) is 0. The van der Waals surface area contributed by atoms with Gasteiger partial charge in [0.15, 0.2) is 0 Å². The molecule has 3 N–H and O–H groups in total. The van der Waals surface area contributed by atoms with E-state index >= 15 is 0 Å². The van der Waals surface area contributed by atoms with Gasteiger partial charge in [-0.1, -0.05) is 0 Å². The zero-order chi connectivity index (χ0) is 12.1. The Morgan fingerprint density at radius 3 is 2.62 bits per heavy atom. The monoisotopic (exact) mass is 230 g/mol. The molecule has 0 amide bonds. The van der Waals surface area contributed by atoms with E-state index in [1.54, 1.807) is 6.92 Å². The number of nitrogens with one attached hydrogen (secondary N) is 1. The van der Waals surface area contributed by atoms with Crippen molar-refractivity contribution in [3.63, 3.8) is 0 Å². The lowest BCUT2D eigenvalue weighted by Crippen LogP contribution is -2.32. The molecule has 1 atom stereocenters. The molecule has 0 heterocycles. The maximum Gasteiger partial charge on any atom is 0.131 e. The summed E-state index contributed by atoms with van der Waals surface area (Å²) in [5.74, 6) is 4.13. The average molecular weight is 230 g/mol. The van der Waals surface area contributed by atoms with Crippen LogP contribution in [0, 0.1) is 18.6 Å². The van der Waals surface area contributed by atoms with Crippen molar-refractivity contribution in [1.82, 2.24) is 5.43 Å². The fraction of sp³-hybridized carbons (Fsp3) is 0.455. The molecule has 0 saturated carbocycles. The number of hydrogen-bond donors (Lipinski definition) is 2. The second kappa shape index (κ2) is 5.89. The van der Waals surface area contributed by atoms with E-state index in [0.29, 0.717) is 17.7 Å². The van der Waals surface area contributed by atoms with Crippen molar-refractivity contribution in [1.29, 1.82) is 0 Å². The number of hydrazine groups is 1. The SMILES string of the molecule is CCOCC(NN)c1cc(C)c(F)cc1F. The number of nitrogens with two attached hydrogens (primary N) is 1. The second-order valence-corrected chi connectivity index (χ2v) is 3.50. The van der Waals surface area contributed by atoms with E-state index in [2.05, 4.69) is 5.43 Å². The van der Waals surface area contributed by atoms with Gasteiger partial charge in [0.05, 0.1) is 12.6 Å². The van der Waals surface area contributed by atoms with Gasteiger partial charge in [0, 0.05) is 18.2 Å². The van der Waals surface area contributed by atoms with Gasteiger partial charge in [-0.25, -0.2) is 8.78 Å². The Morgan fingerprint density at radius 1 is 1.38 bits per heavy atom. The van der Waals surface area contributed by atoms with Crippen molar-refractivity contribution < 1.29 is 13.5 Å². The number of aryl methyl sites for hydroxylation is 1. The van der Waals surface area contributed by atoms with Gasteiger partial charge >= 0.3 is 0 Å². The Hall–Kier alpha value is -1.04. The van der Waals surface area contributed by atoms with Gasteiger partial charge in [0.1, 0.15) is 11.6 Å². The van der Waals surface area contributed by atoms with Crippen molar-refractivity contribution in [2.75, 3.05) is 13.2 Å². The van der Waals surface area contributed by atoms with Crippen LogP contribution < -0.4 is 11.3 Å². The largest absolute Gasteiger partial charge is 0.380 e. The summed E-state index contributed by atoms with van der Waals surface area (Å²) in [6.45, 7) is 4.17. The molecule has 90 valence electrons. The Kier molecular flexibility index (Phi) is 4.79. The fourth-order valence-corrected chi connectivity index (χ4v) is 1.41. The summed E-state index contributed by atoms with van der Waals surface area (Å²) in [4.78, 5) is 0. The molecule has 0 radical (unpaired) electrons. The van der Waals surface area contributed by atoms with Crippen molar-refractivity contribution >= 4 is 0 Å². The standard InChI is InChI=1S/C11H16F2N2O/c1-3-16-6-11(15-14)8-4-7(2)9(12)5-10(8)13/h4-5,11,15H,3,6,14H2,1-2H3. The first-order valence-corrected chi connectivity index (χ1v) is 5.09. The summed E-state index contributed by atoms with van der Waals surface area (Å²) < 4.78 is 31.7. The minimum atomic E-state index is -0.620. The van der Waals surface area contributed by atoms with E-state index in [0.717, 1.165) is 6.07 Å². The molecule has 0 aliphatic rings. The highest BCUT2D eigenvalue weighted by Gasteiger charge is 2.16. The Balaban J connectivity index is 2.95. The third-order valence-electron chi connectivity index (χ3n) is 2.34. The van der Waals surface area contributed by atoms with Crippen molar-refractivity contribution in [3.8, 4) is 0 Å². The average Bonchev–Trinajstić information content (AvgIpc) is 2.26. The predicted molar refractivity (Wildman–Crippen MR) is 57.7 cm³/mol. The lowest BCUT2D eigenvalue weighted by atomic mass is 10.0. The topological polar surface area (TPSA) is 47.3 Å². The quantitative estimate of drug-likeness (QED) is 0.599. The fourth-order valence-electron chi connectivity index (χ4n) is 1.41. The van der Waals surface area contributed by atoms with Crippen LogP contribution >= 0.6 is 0 Å². The third kappa shape index (κ3) is 2.98. The maximum absolute atomic E-state index is 13.5. The lowest BCUT2D eigenvalue weighted by Gasteiger charge is -2.17. The van der Waals surface area contributed by atoms with Crippen LogP contribution in [0.15, 0.2) is 12.1 Å². The van der Waals surface area contributed by atoms with Gasteiger partial charge in [-0.2, -0.15) is 0 Å². The molecule has 0 aromatic heterocycles. The summed E-state index contributed by atoms with van der Waals surface area (Å²) in [6, 6.07) is 1.83. The van der Waals surface area contributed by atoms with Gasteiger partial charge in [0.25, 0.3) is 0 Å². The smallest absolute Gasteiger partial charge is 0.131 e. The molecule has 1 aromatic rings. The molecule has 0 aliphatic heterocycles. The number of rotatable bonds is 5. The zero-order valence-electron chi connectivity index (χ0n) is 9.39. The highest BCUT2D eigenvalue weighted by Crippen LogP contribution is 2.20. The van der Waals surface area contributed by atoms with Crippen LogP contribution in [-0.2, 0) is 4.74 Å². The number of benzene rings is 1. The van der Waals surface area contributed by atoms with Gasteiger partial charge in [0.2, 0.25) is 0 Å². The summed E-state index contributed by atoms with van der Waals surface area (Å²) >= 11 is 0. The first-order chi connectivity index (χ1) is 7.60.